The van der Waals surface area contributed by atoms with E-state index >= 15 is 0 Å². The van der Waals surface area contributed by atoms with E-state index < -0.39 is 29.6 Å². The summed E-state index contributed by atoms with van der Waals surface area (Å²) in [6, 6.07) is 3.41. The molecule has 0 aliphatic heterocycles. The maximum absolute atomic E-state index is 12.9. The van der Waals surface area contributed by atoms with Crippen LogP contribution in [0.25, 0.3) is 0 Å². The highest BCUT2D eigenvalue weighted by molar-refractivity contribution is 14.1. The molecule has 6 nitrogen and oxygen atoms in total. The van der Waals surface area contributed by atoms with E-state index in [9.17, 15) is 23.5 Å². The molecule has 0 fully saturated rings. The van der Waals surface area contributed by atoms with Crippen LogP contribution in [-0.4, -0.2) is 23.8 Å². The van der Waals surface area contributed by atoms with Gasteiger partial charge in [0.25, 0.3) is 0 Å². The van der Waals surface area contributed by atoms with E-state index in [4.69, 9.17) is 9.47 Å². The van der Waals surface area contributed by atoms with Crippen molar-refractivity contribution in [2.45, 2.75) is 32.5 Å². The molecule has 0 aromatic heterocycles. The molecule has 0 atom stereocenters. The molecule has 0 unspecified atom stereocenters. The summed E-state index contributed by atoms with van der Waals surface area (Å²) in [5.74, 6) is -3.02. The Balaban J connectivity index is 2.82. The largest absolute Gasteiger partial charge is 0.541 e. The highest BCUT2D eigenvalue weighted by Crippen LogP contribution is 2.30. The van der Waals surface area contributed by atoms with Crippen molar-refractivity contribution in [2.75, 3.05) is 0 Å². The first-order chi connectivity index (χ1) is 9.90. The van der Waals surface area contributed by atoms with Crippen LogP contribution >= 0.6 is 22.6 Å². The number of carbonyl (C=O) groups excluding carboxylic acids is 2. The summed E-state index contributed by atoms with van der Waals surface area (Å²) in [7, 11) is 0. The van der Waals surface area contributed by atoms with Crippen molar-refractivity contribution in [3.05, 3.63) is 21.8 Å². The van der Waals surface area contributed by atoms with Gasteiger partial charge in [-0.05, 0) is 61.6 Å². The summed E-state index contributed by atoms with van der Waals surface area (Å²) in [5, 5.41) is 10.2. The minimum Gasteiger partial charge on any atom is -0.541 e. The van der Waals surface area contributed by atoms with Crippen LogP contribution in [-0.2, 0) is 9.53 Å². The van der Waals surface area contributed by atoms with Crippen LogP contribution in [0.4, 0.5) is 13.6 Å². The quantitative estimate of drug-likeness (QED) is 0.415. The molecular formula is C13H12F2IO6-. The Morgan fingerprint density at radius 1 is 1.23 bits per heavy atom. The summed E-state index contributed by atoms with van der Waals surface area (Å²) in [4.78, 5) is 21.7. The van der Waals surface area contributed by atoms with Gasteiger partial charge in [-0.1, -0.05) is 0 Å². The zero-order valence-electron chi connectivity index (χ0n) is 11.8. The Morgan fingerprint density at radius 2 is 1.82 bits per heavy atom. The van der Waals surface area contributed by atoms with Crippen LogP contribution in [0, 0.1) is 3.57 Å². The molecule has 0 amide bonds. The second-order valence-corrected chi connectivity index (χ2v) is 6.23. The number of ether oxygens (including phenoxy) is 3. The molecule has 0 bridgehead atoms. The SMILES string of the molecule is CC(C)(C)OC(=O)Oc1ccc(OC(F)(F)C(=O)[O-])c(I)c1. The van der Waals surface area contributed by atoms with Crippen molar-refractivity contribution in [1.82, 2.24) is 0 Å². The molecule has 0 aliphatic carbocycles. The smallest absolute Gasteiger partial charge is 0.514 e. The molecule has 9 heteroatoms. The average Bonchev–Trinajstić information content (AvgIpc) is 2.29. The van der Waals surface area contributed by atoms with Crippen molar-refractivity contribution in [2.24, 2.45) is 0 Å². The maximum Gasteiger partial charge on any atom is 0.514 e. The second kappa shape index (κ2) is 6.63. The van der Waals surface area contributed by atoms with E-state index in [0.29, 0.717) is 0 Å². The predicted molar refractivity (Wildman–Crippen MR) is 76.6 cm³/mol. The molecule has 1 aromatic carbocycles. The number of halogens is 3. The lowest BCUT2D eigenvalue weighted by atomic mass is 10.2. The first-order valence-electron chi connectivity index (χ1n) is 5.89. The lowest BCUT2D eigenvalue weighted by Crippen LogP contribution is -2.45. The van der Waals surface area contributed by atoms with Gasteiger partial charge in [0.15, 0.2) is 5.97 Å². The molecule has 0 heterocycles. The number of hydrogen-bond donors (Lipinski definition) is 0. The lowest BCUT2D eigenvalue weighted by molar-refractivity contribution is -0.350. The molecule has 0 spiro atoms. The van der Waals surface area contributed by atoms with Gasteiger partial charge in [0, 0.05) is 0 Å². The molecule has 122 valence electrons. The zero-order valence-corrected chi connectivity index (χ0v) is 14.0. The standard InChI is InChI=1S/C13H13F2IO6/c1-12(2,3)22-11(19)20-7-4-5-9(8(16)6-7)21-13(14,15)10(17)18/h4-6H,1-3H3,(H,17,18)/p-1. The minimum absolute atomic E-state index is 0.0303. The number of aliphatic carboxylic acids is 1. The molecule has 0 saturated carbocycles. The van der Waals surface area contributed by atoms with Gasteiger partial charge in [0.05, 0.1) is 3.57 Å². The number of carboxylic acids is 1. The lowest BCUT2D eigenvalue weighted by Gasteiger charge is -2.20. The number of benzene rings is 1. The van der Waals surface area contributed by atoms with Gasteiger partial charge in [-0.25, -0.2) is 4.79 Å². The maximum atomic E-state index is 12.9. The van der Waals surface area contributed by atoms with Crippen LogP contribution < -0.4 is 14.6 Å². The van der Waals surface area contributed by atoms with Crippen molar-refractivity contribution in [3.8, 4) is 11.5 Å². The van der Waals surface area contributed by atoms with Gasteiger partial charge in [-0.2, -0.15) is 8.78 Å². The highest BCUT2D eigenvalue weighted by Gasteiger charge is 2.34. The number of hydrogen-bond acceptors (Lipinski definition) is 6. The predicted octanol–water partition coefficient (Wildman–Crippen LogP) is 2.33. The summed E-state index contributed by atoms with van der Waals surface area (Å²) in [6.07, 6.45) is -5.43. The monoisotopic (exact) mass is 429 g/mol. The Morgan fingerprint density at radius 3 is 2.27 bits per heavy atom. The van der Waals surface area contributed by atoms with Crippen LogP contribution in [0.5, 0.6) is 11.5 Å². The summed E-state index contributed by atoms with van der Waals surface area (Å²) >= 11 is 1.62. The second-order valence-electron chi connectivity index (χ2n) is 5.07. The Kier molecular flexibility index (Phi) is 5.54. The molecule has 0 N–H and O–H groups in total. The Bertz CT molecular complexity index is 582. The van der Waals surface area contributed by atoms with Gasteiger partial charge >= 0.3 is 12.3 Å². The molecular weight excluding hydrogens is 417 g/mol. The number of rotatable bonds is 4. The fourth-order valence-electron chi connectivity index (χ4n) is 1.17. The van der Waals surface area contributed by atoms with Crippen molar-refractivity contribution >= 4 is 34.7 Å². The van der Waals surface area contributed by atoms with Crippen LogP contribution in [0.15, 0.2) is 18.2 Å². The van der Waals surface area contributed by atoms with Crippen LogP contribution in [0.2, 0.25) is 0 Å². The number of alkyl halides is 2. The molecule has 0 saturated heterocycles. The average molecular weight is 429 g/mol. The topological polar surface area (TPSA) is 84.9 Å². The first kappa shape index (κ1) is 18.4. The minimum atomic E-state index is -4.46. The molecule has 22 heavy (non-hydrogen) atoms. The van der Waals surface area contributed by atoms with E-state index in [1.807, 2.05) is 0 Å². The van der Waals surface area contributed by atoms with E-state index in [2.05, 4.69) is 4.74 Å². The van der Waals surface area contributed by atoms with E-state index in [-0.39, 0.29) is 9.32 Å². The van der Waals surface area contributed by atoms with Gasteiger partial charge in [0.2, 0.25) is 0 Å². The summed E-state index contributed by atoms with van der Waals surface area (Å²) in [6.45, 7) is 4.95. The van der Waals surface area contributed by atoms with Crippen molar-refractivity contribution in [3.63, 3.8) is 0 Å². The summed E-state index contributed by atoms with van der Waals surface area (Å²) in [5.41, 5.74) is -0.746. The molecule has 0 radical (unpaired) electrons. The first-order valence-corrected chi connectivity index (χ1v) is 6.97. The van der Waals surface area contributed by atoms with Gasteiger partial charge in [0.1, 0.15) is 17.1 Å². The molecule has 1 aromatic rings. The van der Waals surface area contributed by atoms with E-state index in [1.165, 1.54) is 6.07 Å². The highest BCUT2D eigenvalue weighted by atomic mass is 127. The Hall–Kier alpha value is -1.65. The van der Waals surface area contributed by atoms with Gasteiger partial charge in [-0.15, -0.1) is 0 Å². The van der Waals surface area contributed by atoms with Gasteiger partial charge < -0.3 is 24.1 Å². The normalized spacial score (nSPS) is 11.7. The molecule has 1 rings (SSSR count). The summed E-state index contributed by atoms with van der Waals surface area (Å²) < 4.78 is 39.8. The number of carboxylic acid groups (broad SMARTS) is 1. The third-order valence-corrected chi connectivity index (χ3v) is 2.81. The third-order valence-electron chi connectivity index (χ3n) is 1.97. The van der Waals surface area contributed by atoms with E-state index in [1.54, 1.807) is 43.4 Å². The molecule has 0 aliphatic rings. The van der Waals surface area contributed by atoms with Crippen LogP contribution in [0.1, 0.15) is 20.8 Å². The van der Waals surface area contributed by atoms with Crippen molar-refractivity contribution in [1.29, 1.82) is 0 Å². The Labute approximate surface area is 138 Å². The third kappa shape index (κ3) is 5.62. The van der Waals surface area contributed by atoms with Crippen molar-refractivity contribution < 1.29 is 37.7 Å². The van der Waals surface area contributed by atoms with Gasteiger partial charge in [-0.3, -0.25) is 0 Å². The van der Waals surface area contributed by atoms with E-state index in [0.717, 1.165) is 12.1 Å². The zero-order chi connectivity index (χ0) is 17.1. The fourth-order valence-corrected chi connectivity index (χ4v) is 1.77. The van der Waals surface area contributed by atoms with Crippen LogP contribution in [0.3, 0.4) is 0 Å². The number of carbonyl (C=O) groups is 2. The fraction of sp³-hybridized carbons (Fsp3) is 0.385.